The number of alkyl halides is 1. The smallest absolute Gasteiger partial charge is 0.261 e. The van der Waals surface area contributed by atoms with Gasteiger partial charge in [0.1, 0.15) is 0 Å². The fourth-order valence-corrected chi connectivity index (χ4v) is 4.23. The molecule has 0 atom stereocenters. The largest absolute Gasteiger partial charge is 0.357 e. The molecule has 0 spiro atoms. The maximum atomic E-state index is 12.8. The number of nitrogens with zero attached hydrogens (tertiary/aromatic N) is 1. The van der Waals surface area contributed by atoms with Crippen LogP contribution in [0.15, 0.2) is 47.4 Å². The number of sulfonamides is 1. The molecule has 0 saturated heterocycles. The van der Waals surface area contributed by atoms with Crippen LogP contribution in [0.4, 0.5) is 17.1 Å². The molecular formula is C20H24ClN3O3S. The Morgan fingerprint density at radius 2 is 1.86 bits per heavy atom. The van der Waals surface area contributed by atoms with Crippen molar-refractivity contribution in [2.45, 2.75) is 32.1 Å². The number of anilines is 3. The van der Waals surface area contributed by atoms with Gasteiger partial charge in [0, 0.05) is 23.3 Å². The van der Waals surface area contributed by atoms with E-state index < -0.39 is 15.4 Å². The predicted molar refractivity (Wildman–Crippen MR) is 114 cm³/mol. The van der Waals surface area contributed by atoms with Gasteiger partial charge in [-0.3, -0.25) is 9.52 Å². The van der Waals surface area contributed by atoms with Gasteiger partial charge in [-0.15, -0.1) is 11.6 Å². The maximum absolute atomic E-state index is 12.8. The summed E-state index contributed by atoms with van der Waals surface area (Å²) in [5.41, 5.74) is 2.30. The van der Waals surface area contributed by atoms with Crippen LogP contribution in [0.5, 0.6) is 0 Å². The lowest BCUT2D eigenvalue weighted by atomic mass is 9.95. The Morgan fingerprint density at radius 1 is 1.14 bits per heavy atom. The average Bonchev–Trinajstić information content (AvgIpc) is 3.03. The molecule has 0 unspecified atom stereocenters. The van der Waals surface area contributed by atoms with Crippen molar-refractivity contribution in [3.63, 3.8) is 0 Å². The minimum Gasteiger partial charge on any atom is -0.357 e. The molecule has 0 saturated carbocycles. The van der Waals surface area contributed by atoms with Crippen LogP contribution in [-0.2, 0) is 21.2 Å². The first kappa shape index (κ1) is 20.5. The zero-order valence-corrected chi connectivity index (χ0v) is 17.7. The zero-order valence-electron chi connectivity index (χ0n) is 16.1. The number of nitrogens with one attached hydrogen (secondary N) is 2. The fourth-order valence-electron chi connectivity index (χ4n) is 2.91. The summed E-state index contributed by atoms with van der Waals surface area (Å²) in [7, 11) is -3.77. The second-order valence-corrected chi connectivity index (χ2v) is 9.74. The van der Waals surface area contributed by atoms with Gasteiger partial charge in [0.2, 0.25) is 5.91 Å². The van der Waals surface area contributed by atoms with Crippen molar-refractivity contribution >= 4 is 44.6 Å². The van der Waals surface area contributed by atoms with E-state index >= 15 is 0 Å². The van der Waals surface area contributed by atoms with Gasteiger partial charge in [0.05, 0.1) is 16.6 Å². The van der Waals surface area contributed by atoms with Gasteiger partial charge in [-0.1, -0.05) is 32.9 Å². The van der Waals surface area contributed by atoms with Crippen LogP contribution in [-0.4, -0.2) is 26.9 Å². The zero-order chi connectivity index (χ0) is 20.5. The number of rotatable bonds is 5. The minimum atomic E-state index is -3.77. The molecule has 2 N–H and O–H groups in total. The molecule has 0 bridgehead atoms. The van der Waals surface area contributed by atoms with Crippen molar-refractivity contribution < 1.29 is 13.2 Å². The van der Waals surface area contributed by atoms with E-state index in [1.54, 1.807) is 36.4 Å². The Balaban J connectivity index is 1.82. The molecule has 1 amide bonds. The van der Waals surface area contributed by atoms with E-state index in [-0.39, 0.29) is 10.8 Å². The van der Waals surface area contributed by atoms with E-state index in [1.165, 1.54) is 0 Å². The minimum absolute atomic E-state index is 0.146. The standard InChI is InChI=1S/C20H24ClN3O3S/c1-20(2,3)19(25)22-15-5-4-6-16(11-15)23-28(26,27)17-8-7-14-9-10-24(13-21)18(14)12-17/h4-8,11-12,23H,9-10,13H2,1-3H3,(H,22,25). The summed E-state index contributed by atoms with van der Waals surface area (Å²) in [5, 5.41) is 2.80. The predicted octanol–water partition coefficient (Wildman–Crippen LogP) is 4.03. The number of fused-ring (bicyclic) bond motifs is 1. The normalized spacial score (nSPS) is 13.9. The Labute approximate surface area is 170 Å². The lowest BCUT2D eigenvalue weighted by Gasteiger charge is -2.18. The van der Waals surface area contributed by atoms with Crippen molar-refractivity contribution in [3.05, 3.63) is 48.0 Å². The van der Waals surface area contributed by atoms with E-state index in [4.69, 9.17) is 11.6 Å². The van der Waals surface area contributed by atoms with Crippen molar-refractivity contribution in [1.29, 1.82) is 0 Å². The second-order valence-electron chi connectivity index (χ2n) is 7.81. The van der Waals surface area contributed by atoms with Crippen LogP contribution < -0.4 is 14.9 Å². The number of amides is 1. The molecule has 3 rings (SSSR count). The van der Waals surface area contributed by atoms with E-state index in [2.05, 4.69) is 10.0 Å². The van der Waals surface area contributed by atoms with Crippen molar-refractivity contribution in [3.8, 4) is 0 Å². The molecule has 2 aromatic rings. The number of halogens is 1. The fraction of sp³-hybridized carbons (Fsp3) is 0.350. The van der Waals surface area contributed by atoms with Crippen LogP contribution in [0.1, 0.15) is 26.3 Å². The Morgan fingerprint density at radius 3 is 2.54 bits per heavy atom. The van der Waals surface area contributed by atoms with Crippen molar-refractivity contribution in [1.82, 2.24) is 0 Å². The molecular weight excluding hydrogens is 398 g/mol. The van der Waals surface area contributed by atoms with E-state index in [1.807, 2.05) is 31.7 Å². The van der Waals surface area contributed by atoms with Crippen LogP contribution in [0.25, 0.3) is 0 Å². The maximum Gasteiger partial charge on any atom is 0.261 e. The topological polar surface area (TPSA) is 78.5 Å². The SMILES string of the molecule is CC(C)(C)C(=O)Nc1cccc(NS(=O)(=O)c2ccc3c(c2)N(CCl)CC3)c1. The highest BCUT2D eigenvalue weighted by molar-refractivity contribution is 7.92. The first-order chi connectivity index (χ1) is 13.1. The third-order valence-electron chi connectivity index (χ3n) is 4.56. The van der Waals surface area contributed by atoms with Gasteiger partial charge in [0.15, 0.2) is 0 Å². The Hall–Kier alpha value is -2.25. The lowest BCUT2D eigenvalue weighted by Crippen LogP contribution is -2.27. The molecule has 0 aromatic heterocycles. The van der Waals surface area contributed by atoms with Gasteiger partial charge in [-0.25, -0.2) is 8.42 Å². The van der Waals surface area contributed by atoms with Crippen LogP contribution in [0.3, 0.4) is 0 Å². The first-order valence-corrected chi connectivity index (χ1v) is 11.0. The molecule has 0 aliphatic carbocycles. The van der Waals surface area contributed by atoms with Gasteiger partial charge in [-0.05, 0) is 42.3 Å². The molecule has 150 valence electrons. The van der Waals surface area contributed by atoms with E-state index in [9.17, 15) is 13.2 Å². The summed E-state index contributed by atoms with van der Waals surface area (Å²) < 4.78 is 28.3. The number of hydrogen-bond acceptors (Lipinski definition) is 4. The number of carbonyl (C=O) groups is 1. The van der Waals surface area contributed by atoms with E-state index in [0.29, 0.717) is 17.4 Å². The summed E-state index contributed by atoms with van der Waals surface area (Å²) >= 11 is 5.95. The lowest BCUT2D eigenvalue weighted by molar-refractivity contribution is -0.123. The molecule has 6 nitrogen and oxygen atoms in total. The molecule has 1 heterocycles. The third kappa shape index (κ3) is 4.42. The van der Waals surface area contributed by atoms with Gasteiger partial charge in [0.25, 0.3) is 10.0 Å². The molecule has 28 heavy (non-hydrogen) atoms. The monoisotopic (exact) mass is 421 g/mol. The Bertz CT molecular complexity index is 1000. The Kier molecular flexibility index (Phi) is 5.59. The highest BCUT2D eigenvalue weighted by Crippen LogP contribution is 2.31. The molecule has 1 aliphatic heterocycles. The van der Waals surface area contributed by atoms with E-state index in [0.717, 1.165) is 24.2 Å². The number of benzene rings is 2. The summed E-state index contributed by atoms with van der Waals surface area (Å²) in [6, 6.07) is 12.0. The molecule has 2 aromatic carbocycles. The van der Waals surface area contributed by atoms with Crippen molar-refractivity contribution in [2.75, 3.05) is 27.5 Å². The second kappa shape index (κ2) is 7.64. The van der Waals surface area contributed by atoms with Gasteiger partial charge >= 0.3 is 0 Å². The average molecular weight is 422 g/mol. The summed E-state index contributed by atoms with van der Waals surface area (Å²) in [4.78, 5) is 14.3. The van der Waals surface area contributed by atoms with Gasteiger partial charge in [-0.2, -0.15) is 0 Å². The molecule has 1 aliphatic rings. The first-order valence-electron chi connectivity index (χ1n) is 8.98. The van der Waals surface area contributed by atoms with Crippen LogP contribution in [0, 0.1) is 5.41 Å². The summed E-state index contributed by atoms with van der Waals surface area (Å²) in [6.07, 6.45) is 0.853. The summed E-state index contributed by atoms with van der Waals surface area (Å²) in [6.45, 7) is 6.22. The third-order valence-corrected chi connectivity index (χ3v) is 6.22. The highest BCUT2D eigenvalue weighted by Gasteiger charge is 2.23. The summed E-state index contributed by atoms with van der Waals surface area (Å²) in [5.74, 6) is -0.146. The number of carbonyl (C=O) groups excluding carboxylic acids is 1. The highest BCUT2D eigenvalue weighted by atomic mass is 35.5. The molecule has 0 fully saturated rings. The molecule has 0 radical (unpaired) electrons. The van der Waals surface area contributed by atoms with Gasteiger partial charge < -0.3 is 10.2 Å². The number of hydrogen-bond donors (Lipinski definition) is 2. The molecule has 8 heteroatoms. The quantitative estimate of drug-likeness (QED) is 0.564. The van der Waals surface area contributed by atoms with Crippen LogP contribution in [0.2, 0.25) is 0 Å². The van der Waals surface area contributed by atoms with Crippen LogP contribution >= 0.6 is 11.6 Å². The van der Waals surface area contributed by atoms with Crippen molar-refractivity contribution in [2.24, 2.45) is 5.41 Å².